The number of hydrogen-bond acceptors (Lipinski definition) is 7. The van der Waals surface area contributed by atoms with Gasteiger partial charge in [0.1, 0.15) is 11.3 Å². The fourth-order valence-corrected chi connectivity index (χ4v) is 4.08. The third-order valence-electron chi connectivity index (χ3n) is 4.37. The molecule has 140 valence electrons. The molecule has 1 saturated heterocycles. The van der Waals surface area contributed by atoms with Crippen molar-refractivity contribution >= 4 is 32.6 Å². The zero-order valence-electron chi connectivity index (χ0n) is 14.8. The van der Waals surface area contributed by atoms with Gasteiger partial charge in [-0.3, -0.25) is 15.1 Å². The van der Waals surface area contributed by atoms with Gasteiger partial charge in [-0.1, -0.05) is 17.4 Å². The second kappa shape index (κ2) is 7.99. The highest BCUT2D eigenvalue weighted by Gasteiger charge is 2.22. The summed E-state index contributed by atoms with van der Waals surface area (Å²) in [6.07, 6.45) is 3.17. The zero-order chi connectivity index (χ0) is 18.6. The maximum atomic E-state index is 12.4. The average molecular weight is 385 g/mol. The van der Waals surface area contributed by atoms with Crippen LogP contribution in [-0.2, 0) is 9.47 Å². The Morgan fingerprint density at radius 1 is 1.19 bits per heavy atom. The minimum atomic E-state index is -0.224. The normalized spacial score (nSPS) is 15.4. The molecule has 1 N–H and O–H groups in total. The van der Waals surface area contributed by atoms with Crippen LogP contribution in [0.1, 0.15) is 21.8 Å². The third-order valence-corrected chi connectivity index (χ3v) is 5.39. The molecule has 0 spiro atoms. The summed E-state index contributed by atoms with van der Waals surface area (Å²) in [6, 6.07) is 7.25. The number of nitrogens with one attached hydrogen (secondary N) is 1. The van der Waals surface area contributed by atoms with Crippen molar-refractivity contribution in [3.05, 3.63) is 47.8 Å². The van der Waals surface area contributed by atoms with Gasteiger partial charge in [-0.15, -0.1) is 0 Å². The fourth-order valence-electron chi connectivity index (χ4n) is 3.01. The van der Waals surface area contributed by atoms with Crippen molar-refractivity contribution in [1.82, 2.24) is 9.97 Å². The molecule has 27 heavy (non-hydrogen) atoms. The number of carbonyl (C=O) groups excluding carboxylic acids is 1. The van der Waals surface area contributed by atoms with E-state index in [9.17, 15) is 4.79 Å². The Kier molecular flexibility index (Phi) is 5.28. The van der Waals surface area contributed by atoms with Gasteiger partial charge in [0.2, 0.25) is 0 Å². The number of methoxy groups -OCH3 is 1. The van der Waals surface area contributed by atoms with Gasteiger partial charge in [0.05, 0.1) is 38.2 Å². The summed E-state index contributed by atoms with van der Waals surface area (Å²) in [5.41, 5.74) is 2.35. The lowest BCUT2D eigenvalue weighted by molar-refractivity contribution is 0.102. The number of thiazole rings is 1. The number of amides is 1. The van der Waals surface area contributed by atoms with Crippen LogP contribution in [0, 0.1) is 0 Å². The van der Waals surface area contributed by atoms with E-state index in [1.807, 2.05) is 12.1 Å². The number of pyridine rings is 1. The van der Waals surface area contributed by atoms with Crippen molar-refractivity contribution in [2.24, 2.45) is 0 Å². The molecule has 1 fully saturated rings. The van der Waals surface area contributed by atoms with E-state index in [-0.39, 0.29) is 11.8 Å². The number of carbonyl (C=O) groups is 1. The Balaban J connectivity index is 1.69. The Morgan fingerprint density at radius 3 is 2.63 bits per heavy atom. The average Bonchev–Trinajstić information content (AvgIpc) is 2.94. The van der Waals surface area contributed by atoms with Crippen molar-refractivity contribution in [2.75, 3.05) is 38.9 Å². The number of rotatable bonds is 4. The predicted octanol–water partition coefficient (Wildman–Crippen LogP) is 3.08. The van der Waals surface area contributed by atoms with Crippen LogP contribution in [-0.4, -0.2) is 49.4 Å². The molecule has 2 aromatic heterocycles. The van der Waals surface area contributed by atoms with Crippen LogP contribution in [0.5, 0.6) is 5.75 Å². The molecular weight excluding hydrogens is 366 g/mol. The highest BCUT2D eigenvalue weighted by molar-refractivity contribution is 7.22. The Labute approximate surface area is 160 Å². The lowest BCUT2D eigenvalue weighted by atomic mass is 10.0. The molecule has 1 aliphatic heterocycles. The standard InChI is InChI=1S/C19H19N3O4S/c1-24-15-3-2-14(13-10-25-8-9-26-11-13)17-16(15)21-19(27-17)22-18(23)12-4-6-20-7-5-12/h2-7,13H,8-11H2,1H3,(H,21,22,23). The quantitative estimate of drug-likeness (QED) is 0.743. The number of nitrogens with zero attached hydrogens (tertiary/aromatic N) is 2. The van der Waals surface area contributed by atoms with Crippen LogP contribution in [0.2, 0.25) is 0 Å². The van der Waals surface area contributed by atoms with E-state index in [2.05, 4.69) is 15.3 Å². The molecule has 8 heteroatoms. The van der Waals surface area contributed by atoms with E-state index in [0.717, 1.165) is 15.8 Å². The molecule has 0 aliphatic carbocycles. The highest BCUT2D eigenvalue weighted by Crippen LogP contribution is 2.38. The summed E-state index contributed by atoms with van der Waals surface area (Å²) in [4.78, 5) is 21.0. The van der Waals surface area contributed by atoms with E-state index < -0.39 is 0 Å². The minimum Gasteiger partial charge on any atom is -0.494 e. The second-order valence-electron chi connectivity index (χ2n) is 6.09. The van der Waals surface area contributed by atoms with Crippen molar-refractivity contribution in [3.8, 4) is 5.75 Å². The van der Waals surface area contributed by atoms with Gasteiger partial charge in [0, 0.05) is 23.9 Å². The van der Waals surface area contributed by atoms with Crippen molar-refractivity contribution in [1.29, 1.82) is 0 Å². The highest BCUT2D eigenvalue weighted by atomic mass is 32.1. The second-order valence-corrected chi connectivity index (χ2v) is 7.09. The van der Waals surface area contributed by atoms with Crippen LogP contribution in [0.4, 0.5) is 5.13 Å². The molecule has 3 heterocycles. The number of aromatic nitrogens is 2. The Morgan fingerprint density at radius 2 is 1.93 bits per heavy atom. The molecule has 0 bridgehead atoms. The minimum absolute atomic E-state index is 0.116. The summed E-state index contributed by atoms with van der Waals surface area (Å²) >= 11 is 1.43. The van der Waals surface area contributed by atoms with Crippen LogP contribution in [0.15, 0.2) is 36.7 Å². The fraction of sp³-hybridized carbons (Fsp3) is 0.316. The number of hydrogen-bond donors (Lipinski definition) is 1. The van der Waals surface area contributed by atoms with Gasteiger partial charge in [0.15, 0.2) is 5.13 Å². The van der Waals surface area contributed by atoms with Gasteiger partial charge in [-0.25, -0.2) is 4.98 Å². The molecule has 0 radical (unpaired) electrons. The number of benzene rings is 1. The van der Waals surface area contributed by atoms with E-state index in [1.54, 1.807) is 31.6 Å². The largest absolute Gasteiger partial charge is 0.494 e. The topological polar surface area (TPSA) is 82.6 Å². The number of fused-ring (bicyclic) bond motifs is 1. The molecule has 3 aromatic rings. The molecule has 0 unspecified atom stereocenters. The molecule has 1 amide bonds. The first-order valence-electron chi connectivity index (χ1n) is 8.60. The Bertz CT molecular complexity index is 937. The zero-order valence-corrected chi connectivity index (χ0v) is 15.6. The van der Waals surface area contributed by atoms with Gasteiger partial charge >= 0.3 is 0 Å². The molecule has 1 aromatic carbocycles. The molecule has 4 rings (SSSR count). The lowest BCUT2D eigenvalue weighted by Gasteiger charge is -2.15. The van der Waals surface area contributed by atoms with Crippen LogP contribution < -0.4 is 10.1 Å². The van der Waals surface area contributed by atoms with Gasteiger partial charge in [-0.05, 0) is 23.8 Å². The summed E-state index contributed by atoms with van der Waals surface area (Å²) in [7, 11) is 1.61. The maximum Gasteiger partial charge on any atom is 0.257 e. The van der Waals surface area contributed by atoms with E-state index in [1.165, 1.54) is 11.3 Å². The molecular formula is C19H19N3O4S. The first-order chi connectivity index (χ1) is 13.3. The van der Waals surface area contributed by atoms with Crippen molar-refractivity contribution in [2.45, 2.75) is 5.92 Å². The summed E-state index contributed by atoms with van der Waals surface area (Å²) < 4.78 is 17.7. The lowest BCUT2D eigenvalue weighted by Crippen LogP contribution is -2.11. The van der Waals surface area contributed by atoms with Gasteiger partial charge in [0.25, 0.3) is 5.91 Å². The van der Waals surface area contributed by atoms with Crippen molar-refractivity contribution < 1.29 is 19.0 Å². The van der Waals surface area contributed by atoms with Gasteiger partial charge in [-0.2, -0.15) is 0 Å². The first kappa shape index (κ1) is 17.8. The van der Waals surface area contributed by atoms with Crippen LogP contribution >= 0.6 is 11.3 Å². The summed E-state index contributed by atoms with van der Waals surface area (Å²) in [6.45, 7) is 2.40. The molecule has 7 nitrogen and oxygen atoms in total. The van der Waals surface area contributed by atoms with Gasteiger partial charge < -0.3 is 14.2 Å². The number of ether oxygens (including phenoxy) is 3. The summed E-state index contributed by atoms with van der Waals surface area (Å²) in [5, 5.41) is 3.39. The summed E-state index contributed by atoms with van der Waals surface area (Å²) in [5.74, 6) is 0.563. The molecule has 0 saturated carbocycles. The predicted molar refractivity (Wildman–Crippen MR) is 103 cm³/mol. The smallest absolute Gasteiger partial charge is 0.257 e. The van der Waals surface area contributed by atoms with E-state index >= 15 is 0 Å². The third kappa shape index (κ3) is 3.78. The van der Waals surface area contributed by atoms with Crippen LogP contribution in [0.3, 0.4) is 0 Å². The first-order valence-corrected chi connectivity index (χ1v) is 9.42. The number of anilines is 1. The van der Waals surface area contributed by atoms with E-state index in [0.29, 0.717) is 42.9 Å². The SMILES string of the molecule is COc1ccc(C2COCCOC2)c2sc(NC(=O)c3ccncc3)nc12. The van der Waals surface area contributed by atoms with Crippen molar-refractivity contribution in [3.63, 3.8) is 0 Å². The molecule has 1 aliphatic rings. The van der Waals surface area contributed by atoms with Crippen LogP contribution in [0.25, 0.3) is 10.2 Å². The monoisotopic (exact) mass is 385 g/mol. The maximum absolute atomic E-state index is 12.4. The van der Waals surface area contributed by atoms with E-state index in [4.69, 9.17) is 14.2 Å². The Hall–Kier alpha value is -2.55. The molecule has 0 atom stereocenters.